The Labute approximate surface area is 124 Å². The summed E-state index contributed by atoms with van der Waals surface area (Å²) in [5, 5.41) is 9.98. The normalized spacial score (nSPS) is 13.0. The minimum absolute atomic E-state index is 0.410. The Morgan fingerprint density at radius 3 is 1.85 bits per heavy atom. The van der Waals surface area contributed by atoms with Crippen molar-refractivity contribution in [3.63, 3.8) is 0 Å². The summed E-state index contributed by atoms with van der Waals surface area (Å²) < 4.78 is 0. The van der Waals surface area contributed by atoms with E-state index in [-0.39, 0.29) is 0 Å². The molecule has 1 aromatic rings. The summed E-state index contributed by atoms with van der Waals surface area (Å²) in [4.78, 5) is 2.45. The van der Waals surface area contributed by atoms with E-state index in [9.17, 15) is 5.11 Å². The Kier molecular flexibility index (Phi) is 7.08. The van der Waals surface area contributed by atoms with E-state index in [0.717, 1.165) is 18.7 Å². The molecule has 0 saturated heterocycles. The summed E-state index contributed by atoms with van der Waals surface area (Å²) in [6, 6.07) is 8.26. The molecule has 0 radical (unpaired) electrons. The van der Waals surface area contributed by atoms with Crippen LogP contribution in [-0.2, 0) is 0 Å². The zero-order valence-electron chi connectivity index (χ0n) is 13.8. The van der Waals surface area contributed by atoms with E-state index in [2.05, 4.69) is 44.7 Å². The molecule has 114 valence electrons. The predicted octanol–water partition coefficient (Wildman–Crippen LogP) is 4.64. The van der Waals surface area contributed by atoms with E-state index in [0.29, 0.717) is 11.8 Å². The van der Waals surface area contributed by atoms with E-state index in [1.54, 1.807) is 0 Å². The first-order chi connectivity index (χ1) is 9.41. The van der Waals surface area contributed by atoms with Gasteiger partial charge in [0.15, 0.2) is 0 Å². The van der Waals surface area contributed by atoms with Crippen molar-refractivity contribution < 1.29 is 5.11 Å². The SMILES string of the molecule is CC(C)CCN(CCC(C)C)c1ccccc1[C@@H](C)O. The number of aliphatic hydroxyl groups is 1. The van der Waals surface area contributed by atoms with Crippen LogP contribution in [0.1, 0.15) is 59.1 Å². The highest BCUT2D eigenvalue weighted by Crippen LogP contribution is 2.27. The first kappa shape index (κ1) is 17.0. The van der Waals surface area contributed by atoms with Crippen molar-refractivity contribution in [1.82, 2.24) is 0 Å². The monoisotopic (exact) mass is 277 g/mol. The molecule has 0 amide bonds. The van der Waals surface area contributed by atoms with Crippen molar-refractivity contribution in [3.8, 4) is 0 Å². The van der Waals surface area contributed by atoms with Crippen LogP contribution in [0.25, 0.3) is 0 Å². The number of nitrogens with zero attached hydrogens (tertiary/aromatic N) is 1. The molecule has 1 atom stereocenters. The fourth-order valence-corrected chi connectivity index (χ4v) is 2.31. The summed E-state index contributed by atoms with van der Waals surface area (Å²) in [7, 11) is 0. The van der Waals surface area contributed by atoms with E-state index in [1.165, 1.54) is 18.5 Å². The van der Waals surface area contributed by atoms with Crippen molar-refractivity contribution >= 4 is 5.69 Å². The Balaban J connectivity index is 2.90. The third kappa shape index (κ3) is 5.54. The maximum atomic E-state index is 9.98. The molecule has 0 fully saturated rings. The lowest BCUT2D eigenvalue weighted by atomic mass is 10.0. The molecule has 0 unspecified atom stereocenters. The minimum atomic E-state index is -0.410. The zero-order valence-corrected chi connectivity index (χ0v) is 13.8. The quantitative estimate of drug-likeness (QED) is 0.748. The fourth-order valence-electron chi connectivity index (χ4n) is 2.31. The van der Waals surface area contributed by atoms with Gasteiger partial charge in [-0.3, -0.25) is 0 Å². The van der Waals surface area contributed by atoms with Gasteiger partial charge in [-0.1, -0.05) is 45.9 Å². The van der Waals surface area contributed by atoms with Gasteiger partial charge in [-0.2, -0.15) is 0 Å². The number of para-hydroxylation sites is 1. The molecule has 0 bridgehead atoms. The third-order valence-corrected chi connectivity index (χ3v) is 3.68. The van der Waals surface area contributed by atoms with Crippen molar-refractivity contribution in [3.05, 3.63) is 29.8 Å². The molecule has 0 saturated carbocycles. The van der Waals surface area contributed by atoms with E-state index in [1.807, 2.05) is 19.1 Å². The van der Waals surface area contributed by atoms with Crippen LogP contribution in [0.5, 0.6) is 0 Å². The molecule has 0 heterocycles. The van der Waals surface area contributed by atoms with Crippen molar-refractivity contribution in [2.75, 3.05) is 18.0 Å². The molecule has 0 spiro atoms. The Bertz CT molecular complexity index is 373. The number of rotatable bonds is 8. The van der Waals surface area contributed by atoms with Gasteiger partial charge in [-0.05, 0) is 37.7 Å². The molecule has 0 aliphatic rings. The Morgan fingerprint density at radius 2 is 1.40 bits per heavy atom. The van der Waals surface area contributed by atoms with Crippen LogP contribution in [0.4, 0.5) is 5.69 Å². The first-order valence-electron chi connectivity index (χ1n) is 7.93. The van der Waals surface area contributed by atoms with Crippen LogP contribution in [0.2, 0.25) is 0 Å². The molecule has 20 heavy (non-hydrogen) atoms. The number of aliphatic hydroxyl groups excluding tert-OH is 1. The second kappa shape index (κ2) is 8.31. The summed E-state index contributed by atoms with van der Waals surface area (Å²) in [6.07, 6.45) is 1.96. The number of benzene rings is 1. The van der Waals surface area contributed by atoms with Crippen LogP contribution in [-0.4, -0.2) is 18.2 Å². The lowest BCUT2D eigenvalue weighted by Crippen LogP contribution is -2.28. The van der Waals surface area contributed by atoms with Gasteiger partial charge in [0.25, 0.3) is 0 Å². The largest absolute Gasteiger partial charge is 0.389 e. The van der Waals surface area contributed by atoms with Gasteiger partial charge in [-0.15, -0.1) is 0 Å². The molecule has 0 aliphatic carbocycles. The van der Waals surface area contributed by atoms with Gasteiger partial charge in [0.1, 0.15) is 0 Å². The summed E-state index contributed by atoms with van der Waals surface area (Å²) in [5.74, 6) is 1.41. The van der Waals surface area contributed by atoms with Crippen LogP contribution >= 0.6 is 0 Å². The standard InChI is InChI=1S/C18H31NO/c1-14(2)10-12-19(13-11-15(3)4)18-9-7-6-8-17(18)16(5)20/h6-9,14-16,20H,10-13H2,1-5H3/t16-/m1/s1. The molecule has 1 rings (SSSR count). The summed E-state index contributed by atoms with van der Waals surface area (Å²) >= 11 is 0. The topological polar surface area (TPSA) is 23.5 Å². The highest BCUT2D eigenvalue weighted by molar-refractivity contribution is 5.54. The second-order valence-electron chi connectivity index (χ2n) is 6.59. The van der Waals surface area contributed by atoms with E-state index in [4.69, 9.17) is 0 Å². The van der Waals surface area contributed by atoms with E-state index < -0.39 is 6.10 Å². The Morgan fingerprint density at radius 1 is 0.900 bits per heavy atom. The van der Waals surface area contributed by atoms with Crippen molar-refractivity contribution in [2.45, 2.75) is 53.6 Å². The van der Waals surface area contributed by atoms with Gasteiger partial charge in [0, 0.05) is 24.3 Å². The molecule has 0 aromatic heterocycles. The number of hydrogen-bond donors (Lipinski definition) is 1. The maximum Gasteiger partial charge on any atom is 0.0781 e. The highest BCUT2D eigenvalue weighted by atomic mass is 16.3. The lowest BCUT2D eigenvalue weighted by Gasteiger charge is -2.29. The van der Waals surface area contributed by atoms with Crippen LogP contribution in [0.3, 0.4) is 0 Å². The lowest BCUT2D eigenvalue weighted by molar-refractivity contribution is 0.199. The summed E-state index contributed by atoms with van der Waals surface area (Å²) in [5.41, 5.74) is 2.24. The van der Waals surface area contributed by atoms with Gasteiger partial charge in [-0.25, -0.2) is 0 Å². The summed E-state index contributed by atoms with van der Waals surface area (Å²) in [6.45, 7) is 13.0. The van der Waals surface area contributed by atoms with E-state index >= 15 is 0 Å². The first-order valence-corrected chi connectivity index (χ1v) is 7.93. The highest BCUT2D eigenvalue weighted by Gasteiger charge is 2.14. The van der Waals surface area contributed by atoms with Crippen LogP contribution in [0.15, 0.2) is 24.3 Å². The molecule has 1 N–H and O–H groups in total. The molecule has 2 nitrogen and oxygen atoms in total. The average Bonchev–Trinajstić information content (AvgIpc) is 2.38. The van der Waals surface area contributed by atoms with Crippen molar-refractivity contribution in [2.24, 2.45) is 11.8 Å². The molecular formula is C18H31NO. The average molecular weight is 277 g/mol. The molecular weight excluding hydrogens is 246 g/mol. The van der Waals surface area contributed by atoms with Gasteiger partial charge >= 0.3 is 0 Å². The maximum absolute atomic E-state index is 9.98. The van der Waals surface area contributed by atoms with Crippen LogP contribution in [0, 0.1) is 11.8 Å². The van der Waals surface area contributed by atoms with Crippen LogP contribution < -0.4 is 4.90 Å². The molecule has 2 heteroatoms. The van der Waals surface area contributed by atoms with Gasteiger partial charge in [0.2, 0.25) is 0 Å². The predicted molar refractivity (Wildman–Crippen MR) is 88.2 cm³/mol. The molecule has 1 aromatic carbocycles. The second-order valence-corrected chi connectivity index (χ2v) is 6.59. The minimum Gasteiger partial charge on any atom is -0.389 e. The zero-order chi connectivity index (χ0) is 15.1. The molecule has 0 aliphatic heterocycles. The number of hydrogen-bond acceptors (Lipinski definition) is 2. The number of anilines is 1. The smallest absolute Gasteiger partial charge is 0.0781 e. The van der Waals surface area contributed by atoms with Crippen molar-refractivity contribution in [1.29, 1.82) is 0 Å². The Hall–Kier alpha value is -1.02. The third-order valence-electron chi connectivity index (χ3n) is 3.68. The van der Waals surface area contributed by atoms with Gasteiger partial charge < -0.3 is 10.0 Å². The fraction of sp³-hybridized carbons (Fsp3) is 0.667. The van der Waals surface area contributed by atoms with Gasteiger partial charge in [0.05, 0.1) is 6.10 Å².